The van der Waals surface area contributed by atoms with E-state index in [1.165, 1.54) is 84.1 Å². The van der Waals surface area contributed by atoms with Crippen LogP contribution < -0.4 is 5.32 Å². The molecule has 1 saturated heterocycles. The Bertz CT molecular complexity index is 203. The van der Waals surface area contributed by atoms with Gasteiger partial charge in [0.05, 0.1) is 0 Å². The van der Waals surface area contributed by atoms with Gasteiger partial charge >= 0.3 is 0 Å². The van der Waals surface area contributed by atoms with E-state index < -0.39 is 0 Å². The minimum absolute atomic E-state index is 0.597. The number of hydrogen-bond acceptors (Lipinski definition) is 2. The van der Waals surface area contributed by atoms with Crippen LogP contribution in [-0.2, 0) is 0 Å². The zero-order valence-electron chi connectivity index (χ0n) is 11.6. The van der Waals surface area contributed by atoms with Crippen LogP contribution in [0.15, 0.2) is 0 Å². The Balaban J connectivity index is 1.55. The molecule has 2 rings (SSSR count). The SMILES string of the molecule is CC1(CNCCN2CCCCC2)CCCCC1. The molecule has 1 N–H and O–H groups in total. The lowest BCUT2D eigenvalue weighted by Crippen LogP contribution is -2.39. The summed E-state index contributed by atoms with van der Waals surface area (Å²) in [5.41, 5.74) is 0.597. The molecule has 0 spiro atoms. The van der Waals surface area contributed by atoms with Gasteiger partial charge in [-0.05, 0) is 44.2 Å². The van der Waals surface area contributed by atoms with E-state index in [1.54, 1.807) is 0 Å². The van der Waals surface area contributed by atoms with Gasteiger partial charge in [-0.3, -0.25) is 0 Å². The molecule has 2 aliphatic rings. The van der Waals surface area contributed by atoms with Gasteiger partial charge in [0.2, 0.25) is 0 Å². The first-order valence-corrected chi connectivity index (χ1v) is 7.72. The predicted octanol–water partition coefficient (Wildman–Crippen LogP) is 3.03. The van der Waals surface area contributed by atoms with E-state index in [0.29, 0.717) is 5.41 Å². The summed E-state index contributed by atoms with van der Waals surface area (Å²) in [6.07, 6.45) is 11.5. The third kappa shape index (κ3) is 4.59. The third-order valence-electron chi connectivity index (χ3n) is 4.67. The highest BCUT2D eigenvalue weighted by molar-refractivity contribution is 4.80. The van der Waals surface area contributed by atoms with Crippen LogP contribution in [0.4, 0.5) is 0 Å². The van der Waals surface area contributed by atoms with Crippen molar-refractivity contribution in [2.24, 2.45) is 5.41 Å². The first-order chi connectivity index (χ1) is 8.29. The van der Waals surface area contributed by atoms with Gasteiger partial charge in [-0.15, -0.1) is 0 Å². The summed E-state index contributed by atoms with van der Waals surface area (Å²) in [7, 11) is 0. The first-order valence-electron chi connectivity index (χ1n) is 7.72. The quantitative estimate of drug-likeness (QED) is 0.741. The van der Waals surface area contributed by atoms with E-state index in [-0.39, 0.29) is 0 Å². The Hall–Kier alpha value is -0.0800. The molecule has 0 radical (unpaired) electrons. The molecular formula is C15H30N2. The molecule has 0 aromatic carbocycles. The van der Waals surface area contributed by atoms with Crippen LogP contribution in [-0.4, -0.2) is 37.6 Å². The summed E-state index contributed by atoms with van der Waals surface area (Å²) in [6, 6.07) is 0. The van der Waals surface area contributed by atoms with Crippen molar-refractivity contribution >= 4 is 0 Å². The van der Waals surface area contributed by atoms with Gasteiger partial charge in [0.1, 0.15) is 0 Å². The standard InChI is InChI=1S/C15H30N2/c1-15(8-4-2-5-9-15)14-16-10-13-17-11-6-3-7-12-17/h16H,2-14H2,1H3. The maximum atomic E-state index is 3.70. The van der Waals surface area contributed by atoms with Crippen molar-refractivity contribution in [1.82, 2.24) is 10.2 Å². The smallest absolute Gasteiger partial charge is 0.0107 e. The van der Waals surface area contributed by atoms with Crippen molar-refractivity contribution in [2.75, 3.05) is 32.7 Å². The number of likely N-dealkylation sites (tertiary alicyclic amines) is 1. The second kappa shape index (κ2) is 6.75. The Morgan fingerprint density at radius 2 is 1.59 bits per heavy atom. The molecule has 1 aliphatic heterocycles. The molecule has 2 nitrogen and oxygen atoms in total. The highest BCUT2D eigenvalue weighted by Gasteiger charge is 2.25. The lowest BCUT2D eigenvalue weighted by molar-refractivity contribution is 0.194. The maximum absolute atomic E-state index is 3.70. The Labute approximate surface area is 107 Å². The Morgan fingerprint density at radius 3 is 2.29 bits per heavy atom. The molecule has 2 heteroatoms. The van der Waals surface area contributed by atoms with E-state index >= 15 is 0 Å². The van der Waals surface area contributed by atoms with Crippen LogP contribution in [0.3, 0.4) is 0 Å². The molecule has 0 aromatic rings. The van der Waals surface area contributed by atoms with Crippen LogP contribution in [0.25, 0.3) is 0 Å². The number of hydrogen-bond donors (Lipinski definition) is 1. The van der Waals surface area contributed by atoms with Crippen molar-refractivity contribution in [3.05, 3.63) is 0 Å². The molecule has 17 heavy (non-hydrogen) atoms. The molecule has 2 fully saturated rings. The largest absolute Gasteiger partial charge is 0.315 e. The summed E-state index contributed by atoms with van der Waals surface area (Å²) >= 11 is 0. The van der Waals surface area contributed by atoms with Crippen LogP contribution in [0.1, 0.15) is 58.3 Å². The lowest BCUT2D eigenvalue weighted by Gasteiger charge is -2.34. The third-order valence-corrected chi connectivity index (χ3v) is 4.67. The van der Waals surface area contributed by atoms with E-state index in [2.05, 4.69) is 17.1 Å². The first kappa shape index (κ1) is 13.4. The summed E-state index contributed by atoms with van der Waals surface area (Å²) in [6.45, 7) is 8.82. The summed E-state index contributed by atoms with van der Waals surface area (Å²) in [4.78, 5) is 2.62. The Kier molecular flexibility index (Phi) is 5.30. The fraction of sp³-hybridized carbons (Fsp3) is 1.00. The Morgan fingerprint density at radius 1 is 0.941 bits per heavy atom. The number of rotatable bonds is 5. The second-order valence-electron chi connectivity index (χ2n) is 6.45. The fourth-order valence-electron chi connectivity index (χ4n) is 3.39. The van der Waals surface area contributed by atoms with Crippen molar-refractivity contribution < 1.29 is 0 Å². The summed E-state index contributed by atoms with van der Waals surface area (Å²) in [5.74, 6) is 0. The van der Waals surface area contributed by atoms with E-state index in [0.717, 1.165) is 0 Å². The van der Waals surface area contributed by atoms with Gasteiger partial charge in [-0.25, -0.2) is 0 Å². The molecule has 1 aliphatic carbocycles. The summed E-state index contributed by atoms with van der Waals surface area (Å²) < 4.78 is 0. The lowest BCUT2D eigenvalue weighted by atomic mass is 9.76. The average Bonchev–Trinajstić information content (AvgIpc) is 2.37. The van der Waals surface area contributed by atoms with Crippen LogP contribution in [0, 0.1) is 5.41 Å². The van der Waals surface area contributed by atoms with Crippen LogP contribution >= 0.6 is 0 Å². The molecule has 100 valence electrons. The average molecular weight is 238 g/mol. The zero-order chi connectivity index (χ0) is 12.0. The predicted molar refractivity (Wildman–Crippen MR) is 74.4 cm³/mol. The summed E-state index contributed by atoms with van der Waals surface area (Å²) in [5, 5.41) is 3.70. The van der Waals surface area contributed by atoms with Crippen molar-refractivity contribution in [1.29, 1.82) is 0 Å². The van der Waals surface area contributed by atoms with Crippen molar-refractivity contribution in [2.45, 2.75) is 58.3 Å². The van der Waals surface area contributed by atoms with Crippen LogP contribution in [0.5, 0.6) is 0 Å². The monoisotopic (exact) mass is 238 g/mol. The number of piperidine rings is 1. The maximum Gasteiger partial charge on any atom is 0.0107 e. The molecule has 0 unspecified atom stereocenters. The van der Waals surface area contributed by atoms with Gasteiger partial charge in [-0.2, -0.15) is 0 Å². The van der Waals surface area contributed by atoms with Gasteiger partial charge in [0, 0.05) is 19.6 Å². The fourth-order valence-corrected chi connectivity index (χ4v) is 3.39. The van der Waals surface area contributed by atoms with E-state index in [9.17, 15) is 0 Å². The zero-order valence-corrected chi connectivity index (χ0v) is 11.6. The molecule has 1 heterocycles. The second-order valence-corrected chi connectivity index (χ2v) is 6.45. The van der Waals surface area contributed by atoms with Crippen LogP contribution in [0.2, 0.25) is 0 Å². The molecule has 1 saturated carbocycles. The molecule has 0 atom stereocenters. The molecular weight excluding hydrogens is 208 g/mol. The molecule has 0 bridgehead atoms. The normalized spacial score (nSPS) is 25.9. The van der Waals surface area contributed by atoms with Gasteiger partial charge in [0.15, 0.2) is 0 Å². The van der Waals surface area contributed by atoms with Crippen molar-refractivity contribution in [3.63, 3.8) is 0 Å². The minimum Gasteiger partial charge on any atom is -0.315 e. The van der Waals surface area contributed by atoms with E-state index in [1.807, 2.05) is 0 Å². The molecule has 0 aromatic heterocycles. The number of nitrogens with one attached hydrogen (secondary N) is 1. The molecule has 0 amide bonds. The van der Waals surface area contributed by atoms with Gasteiger partial charge in [-0.1, -0.05) is 32.6 Å². The highest BCUT2D eigenvalue weighted by Crippen LogP contribution is 2.34. The minimum atomic E-state index is 0.597. The topological polar surface area (TPSA) is 15.3 Å². The van der Waals surface area contributed by atoms with Gasteiger partial charge < -0.3 is 10.2 Å². The number of nitrogens with zero attached hydrogens (tertiary/aromatic N) is 1. The highest BCUT2D eigenvalue weighted by atomic mass is 15.1. The van der Waals surface area contributed by atoms with Crippen molar-refractivity contribution in [3.8, 4) is 0 Å². The van der Waals surface area contributed by atoms with Gasteiger partial charge in [0.25, 0.3) is 0 Å². The van der Waals surface area contributed by atoms with E-state index in [4.69, 9.17) is 0 Å².